The molecule has 3 nitrogen and oxygen atoms in total. The number of rotatable bonds is 4. The Morgan fingerprint density at radius 1 is 1.21 bits per heavy atom. The van der Waals surface area contributed by atoms with Crippen molar-refractivity contribution in [2.45, 2.75) is 6.54 Å². The van der Waals surface area contributed by atoms with Crippen molar-refractivity contribution in [1.82, 2.24) is 0 Å². The molecule has 2 aromatic carbocycles. The van der Waals surface area contributed by atoms with Crippen LogP contribution in [0.25, 0.3) is 0 Å². The van der Waals surface area contributed by atoms with Gasteiger partial charge in [0, 0.05) is 23.8 Å². The Hall–Kier alpha value is -1.81. The van der Waals surface area contributed by atoms with Crippen LogP contribution in [-0.4, -0.2) is 18.1 Å². The molecule has 19 heavy (non-hydrogen) atoms. The summed E-state index contributed by atoms with van der Waals surface area (Å²) in [5.74, 6) is -0.895. The van der Waals surface area contributed by atoms with Crippen molar-refractivity contribution < 1.29 is 9.90 Å². The van der Waals surface area contributed by atoms with E-state index in [-0.39, 0.29) is 0 Å². The van der Waals surface area contributed by atoms with Gasteiger partial charge in [-0.3, -0.25) is 0 Å². The number of carbonyl (C=O) groups is 1. The van der Waals surface area contributed by atoms with Crippen LogP contribution < -0.4 is 4.90 Å². The van der Waals surface area contributed by atoms with Gasteiger partial charge in [-0.15, -0.1) is 0 Å². The van der Waals surface area contributed by atoms with Crippen molar-refractivity contribution in [2.24, 2.45) is 0 Å². The second-order valence-electron chi connectivity index (χ2n) is 4.34. The zero-order valence-corrected chi connectivity index (χ0v) is 12.1. The molecule has 2 aromatic rings. The molecule has 0 unspecified atom stereocenters. The van der Waals surface area contributed by atoms with Crippen molar-refractivity contribution in [3.8, 4) is 0 Å². The van der Waals surface area contributed by atoms with Crippen LogP contribution in [0.2, 0.25) is 0 Å². The maximum atomic E-state index is 10.9. The van der Waals surface area contributed by atoms with Gasteiger partial charge in [-0.05, 0) is 42.0 Å². The minimum absolute atomic E-state index is 0.321. The van der Waals surface area contributed by atoms with Crippen LogP contribution in [0.4, 0.5) is 5.69 Å². The lowest BCUT2D eigenvalue weighted by Crippen LogP contribution is -2.16. The van der Waals surface area contributed by atoms with Crippen molar-refractivity contribution in [2.75, 3.05) is 11.9 Å². The number of nitrogens with zero attached hydrogens (tertiary/aromatic N) is 1. The van der Waals surface area contributed by atoms with E-state index in [4.69, 9.17) is 5.11 Å². The van der Waals surface area contributed by atoms with Crippen molar-refractivity contribution in [1.29, 1.82) is 0 Å². The highest BCUT2D eigenvalue weighted by atomic mass is 79.9. The lowest BCUT2D eigenvalue weighted by atomic mass is 10.1. The lowest BCUT2D eigenvalue weighted by molar-refractivity contribution is 0.0697. The average Bonchev–Trinajstić information content (AvgIpc) is 2.39. The Balaban J connectivity index is 2.14. The Labute approximate surface area is 120 Å². The maximum Gasteiger partial charge on any atom is 0.335 e. The fourth-order valence-electron chi connectivity index (χ4n) is 1.86. The Bertz CT molecular complexity index is 581. The molecule has 2 rings (SSSR count). The van der Waals surface area contributed by atoms with Gasteiger partial charge in [0.1, 0.15) is 0 Å². The van der Waals surface area contributed by atoms with Gasteiger partial charge in [-0.25, -0.2) is 4.79 Å². The fourth-order valence-corrected chi connectivity index (χ4v) is 2.13. The summed E-state index contributed by atoms with van der Waals surface area (Å²) < 4.78 is 1.04. The number of hydrogen-bond acceptors (Lipinski definition) is 2. The number of carboxylic acid groups (broad SMARTS) is 1. The number of hydrogen-bond donors (Lipinski definition) is 1. The van der Waals surface area contributed by atoms with Gasteiger partial charge in [-0.2, -0.15) is 0 Å². The predicted molar refractivity (Wildman–Crippen MR) is 79.7 cm³/mol. The van der Waals surface area contributed by atoms with E-state index in [1.807, 2.05) is 37.4 Å². The quantitative estimate of drug-likeness (QED) is 0.932. The molecule has 0 atom stereocenters. The van der Waals surface area contributed by atoms with Gasteiger partial charge in [0.25, 0.3) is 0 Å². The number of carboxylic acids is 1. The van der Waals surface area contributed by atoms with Gasteiger partial charge >= 0.3 is 5.97 Å². The lowest BCUT2D eigenvalue weighted by Gasteiger charge is -2.19. The van der Waals surface area contributed by atoms with E-state index in [0.29, 0.717) is 12.1 Å². The number of benzene rings is 2. The molecule has 0 spiro atoms. The van der Waals surface area contributed by atoms with Crippen molar-refractivity contribution in [3.63, 3.8) is 0 Å². The first-order valence-corrected chi connectivity index (χ1v) is 6.64. The summed E-state index contributed by atoms with van der Waals surface area (Å²) in [6.07, 6.45) is 0. The molecule has 0 bridgehead atoms. The number of halogens is 1. The molecule has 0 amide bonds. The van der Waals surface area contributed by atoms with E-state index in [9.17, 15) is 4.79 Å². The highest BCUT2D eigenvalue weighted by Gasteiger charge is 2.06. The van der Waals surface area contributed by atoms with E-state index in [0.717, 1.165) is 15.7 Å². The highest BCUT2D eigenvalue weighted by Crippen LogP contribution is 2.19. The van der Waals surface area contributed by atoms with Crippen molar-refractivity contribution >= 4 is 27.6 Å². The molecule has 0 radical (unpaired) electrons. The molecule has 98 valence electrons. The summed E-state index contributed by atoms with van der Waals surface area (Å²) in [6, 6.07) is 15.0. The second kappa shape index (κ2) is 5.89. The Morgan fingerprint density at radius 2 is 1.89 bits per heavy atom. The van der Waals surface area contributed by atoms with Crippen molar-refractivity contribution in [3.05, 3.63) is 64.1 Å². The van der Waals surface area contributed by atoms with Crippen LogP contribution in [0, 0.1) is 0 Å². The first-order valence-electron chi connectivity index (χ1n) is 5.85. The van der Waals surface area contributed by atoms with E-state index in [2.05, 4.69) is 20.8 Å². The molecule has 0 aromatic heterocycles. The molecule has 0 saturated carbocycles. The smallest absolute Gasteiger partial charge is 0.335 e. The molecule has 0 saturated heterocycles. The summed E-state index contributed by atoms with van der Waals surface area (Å²) in [7, 11) is 1.98. The molecular formula is C15H14BrNO2. The summed E-state index contributed by atoms with van der Waals surface area (Å²) in [5.41, 5.74) is 2.39. The largest absolute Gasteiger partial charge is 0.478 e. The summed E-state index contributed by atoms with van der Waals surface area (Å²) in [5, 5.41) is 8.97. The molecule has 0 aliphatic carbocycles. The third-order valence-corrected chi connectivity index (χ3v) is 3.39. The second-order valence-corrected chi connectivity index (χ2v) is 5.25. The standard InChI is InChI=1S/C15H14BrNO2/c1-17(14-7-5-13(16)6-8-14)10-11-3-2-4-12(9-11)15(18)19/h2-9H,10H2,1H3,(H,18,19). The van der Waals surface area contributed by atoms with Crippen LogP contribution in [0.3, 0.4) is 0 Å². The fraction of sp³-hybridized carbons (Fsp3) is 0.133. The topological polar surface area (TPSA) is 40.5 Å². The molecule has 1 N–H and O–H groups in total. The third-order valence-electron chi connectivity index (χ3n) is 2.86. The Kier molecular flexibility index (Phi) is 4.22. The van der Waals surface area contributed by atoms with Gasteiger partial charge in [0.2, 0.25) is 0 Å². The zero-order valence-electron chi connectivity index (χ0n) is 10.5. The number of anilines is 1. The van der Waals surface area contributed by atoms with E-state index < -0.39 is 5.97 Å². The SMILES string of the molecule is CN(Cc1cccc(C(=O)O)c1)c1ccc(Br)cc1. The average molecular weight is 320 g/mol. The first-order chi connectivity index (χ1) is 9.06. The monoisotopic (exact) mass is 319 g/mol. The summed E-state index contributed by atoms with van der Waals surface area (Å²) in [6.45, 7) is 0.669. The van der Waals surface area contributed by atoms with Crippen LogP contribution in [0.15, 0.2) is 53.0 Å². The maximum absolute atomic E-state index is 10.9. The van der Waals surface area contributed by atoms with E-state index in [1.54, 1.807) is 18.2 Å². The van der Waals surface area contributed by atoms with Crippen LogP contribution in [0.5, 0.6) is 0 Å². The van der Waals surface area contributed by atoms with Gasteiger partial charge in [0.15, 0.2) is 0 Å². The van der Waals surface area contributed by atoms with Gasteiger partial charge < -0.3 is 10.0 Å². The molecular weight excluding hydrogens is 306 g/mol. The van der Waals surface area contributed by atoms with Gasteiger partial charge in [-0.1, -0.05) is 28.1 Å². The Morgan fingerprint density at radius 3 is 2.53 bits per heavy atom. The predicted octanol–water partition coefficient (Wildman–Crippen LogP) is 3.78. The molecule has 0 heterocycles. The van der Waals surface area contributed by atoms with Crippen LogP contribution in [0.1, 0.15) is 15.9 Å². The molecule has 0 aliphatic rings. The minimum atomic E-state index is -0.895. The molecule has 0 aliphatic heterocycles. The first kappa shape index (κ1) is 13.6. The van der Waals surface area contributed by atoms with Gasteiger partial charge in [0.05, 0.1) is 5.56 Å². The molecule has 4 heteroatoms. The zero-order chi connectivity index (χ0) is 13.8. The normalized spacial score (nSPS) is 10.2. The van der Waals surface area contributed by atoms with E-state index in [1.165, 1.54) is 0 Å². The third kappa shape index (κ3) is 3.58. The van der Waals surface area contributed by atoms with Crippen LogP contribution in [-0.2, 0) is 6.54 Å². The van der Waals surface area contributed by atoms with Crippen LogP contribution >= 0.6 is 15.9 Å². The minimum Gasteiger partial charge on any atom is -0.478 e. The van der Waals surface area contributed by atoms with E-state index >= 15 is 0 Å². The number of aromatic carboxylic acids is 1. The summed E-state index contributed by atoms with van der Waals surface area (Å²) in [4.78, 5) is 13.0. The summed E-state index contributed by atoms with van der Waals surface area (Å²) >= 11 is 3.40. The highest BCUT2D eigenvalue weighted by molar-refractivity contribution is 9.10. The molecule has 0 fully saturated rings.